The van der Waals surface area contributed by atoms with Crippen LogP contribution >= 0.6 is 67.8 Å². The minimum absolute atomic E-state index is 0.288. The van der Waals surface area contributed by atoms with E-state index in [1.807, 2.05) is 0 Å². The van der Waals surface area contributed by atoms with Crippen LogP contribution in [0.2, 0.25) is 0 Å². The minimum atomic E-state index is -0.699. The molecule has 0 unspecified atom stereocenters. The van der Waals surface area contributed by atoms with E-state index in [-0.39, 0.29) is 6.42 Å². The molecule has 2 nitrogen and oxygen atoms in total. The van der Waals surface area contributed by atoms with Crippen LogP contribution in [-0.2, 0) is 4.79 Å². The van der Waals surface area contributed by atoms with Crippen LogP contribution < -0.4 is 0 Å². The van der Waals surface area contributed by atoms with Crippen molar-refractivity contribution in [3.8, 4) is 0 Å². The number of carboxylic acids is 1. The average molecular weight is 480 g/mol. The van der Waals surface area contributed by atoms with Gasteiger partial charge >= 0.3 is 5.97 Å². The van der Waals surface area contributed by atoms with E-state index in [0.29, 0.717) is 5.86 Å². The van der Waals surface area contributed by atoms with Gasteiger partial charge in [0.15, 0.2) is 0 Å². The molecule has 0 radical (unpaired) electrons. The molecule has 0 saturated heterocycles. The Morgan fingerprint density at radius 3 is 2.20 bits per heavy atom. The molecule has 0 aliphatic rings. The molecule has 5 heteroatoms. The van der Waals surface area contributed by atoms with E-state index in [1.165, 1.54) is 0 Å². The minimum Gasteiger partial charge on any atom is -0.481 e. The topological polar surface area (TPSA) is 37.3 Å². The summed E-state index contributed by atoms with van der Waals surface area (Å²) in [5.41, 5.74) is 0. The zero-order valence-electron chi connectivity index (χ0n) is 5.06. The smallest absolute Gasteiger partial charge is 0.303 e. The Balaban J connectivity index is 3.39. The van der Waals surface area contributed by atoms with Crippen molar-refractivity contribution in [2.75, 3.05) is 0 Å². The molecule has 0 aromatic rings. The summed E-state index contributed by atoms with van der Waals surface area (Å²) in [7, 11) is 0. The lowest BCUT2D eigenvalue weighted by atomic mass is 10.3. The number of carboxylic acid groups (broad SMARTS) is 1. The number of hydrogen-bond donors (Lipinski definition) is 1. The molecule has 0 bridgehead atoms. The van der Waals surface area contributed by atoms with Gasteiger partial charge in [0.25, 0.3) is 0 Å². The van der Waals surface area contributed by atoms with Crippen LogP contribution in [0.5, 0.6) is 0 Å². The molecule has 0 aliphatic carbocycles. The summed E-state index contributed by atoms with van der Waals surface area (Å²) in [5.74, 6) is -0.699. The Kier molecular flexibility index (Phi) is 7.24. The fourth-order valence-corrected chi connectivity index (χ4v) is 1.42. The van der Waals surface area contributed by atoms with Crippen molar-refractivity contribution in [3.63, 3.8) is 0 Å². The SMILES string of the molecule is O=C(O)CC[C@H](I)C(I)I. The summed E-state index contributed by atoms with van der Waals surface area (Å²) in [6, 6.07) is 0. The van der Waals surface area contributed by atoms with E-state index < -0.39 is 5.97 Å². The standard InChI is InChI=1S/C5H7I3O2/c6-3(5(7)8)1-2-4(9)10/h3,5H,1-2H2,(H,9,10)/t3-/m0/s1. The highest BCUT2D eigenvalue weighted by Gasteiger charge is 2.12. The summed E-state index contributed by atoms with van der Waals surface area (Å²) >= 11 is 6.89. The maximum atomic E-state index is 10.1. The molecule has 0 saturated carbocycles. The lowest BCUT2D eigenvalue weighted by molar-refractivity contribution is -0.137. The first-order chi connectivity index (χ1) is 4.54. The first kappa shape index (κ1) is 11.7. The summed E-state index contributed by atoms with van der Waals surface area (Å²) in [5, 5.41) is 8.34. The third-order valence-corrected chi connectivity index (χ3v) is 6.74. The van der Waals surface area contributed by atoms with Gasteiger partial charge in [-0.1, -0.05) is 67.8 Å². The van der Waals surface area contributed by atoms with Crippen LogP contribution in [-0.4, -0.2) is 16.9 Å². The monoisotopic (exact) mass is 480 g/mol. The van der Waals surface area contributed by atoms with Gasteiger partial charge in [-0.3, -0.25) is 4.79 Å². The van der Waals surface area contributed by atoms with Gasteiger partial charge in [0.1, 0.15) is 0 Å². The zero-order chi connectivity index (χ0) is 8.15. The molecule has 0 heterocycles. The number of rotatable bonds is 4. The van der Waals surface area contributed by atoms with Gasteiger partial charge in [0.05, 0.1) is 1.93 Å². The Labute approximate surface area is 101 Å². The number of halogens is 3. The third kappa shape index (κ3) is 6.38. The van der Waals surface area contributed by atoms with Gasteiger partial charge in [-0.2, -0.15) is 0 Å². The van der Waals surface area contributed by atoms with Crippen molar-refractivity contribution in [1.82, 2.24) is 0 Å². The van der Waals surface area contributed by atoms with E-state index in [1.54, 1.807) is 0 Å². The molecule has 10 heavy (non-hydrogen) atoms. The molecule has 0 aliphatic heterocycles. The van der Waals surface area contributed by atoms with Crippen LogP contribution in [0.15, 0.2) is 0 Å². The van der Waals surface area contributed by atoms with Crippen molar-refractivity contribution in [3.05, 3.63) is 0 Å². The highest BCUT2D eigenvalue weighted by Crippen LogP contribution is 2.25. The average Bonchev–Trinajstić information content (AvgIpc) is 1.82. The fourth-order valence-electron chi connectivity index (χ4n) is 0.387. The van der Waals surface area contributed by atoms with E-state index in [2.05, 4.69) is 67.8 Å². The Morgan fingerprint density at radius 1 is 1.40 bits per heavy atom. The van der Waals surface area contributed by atoms with Gasteiger partial charge in [-0.25, -0.2) is 0 Å². The molecule has 60 valence electrons. The Hall–Kier alpha value is 1.66. The first-order valence-corrected chi connectivity index (χ1v) is 6.41. The first-order valence-electron chi connectivity index (χ1n) is 2.68. The van der Waals surface area contributed by atoms with Gasteiger partial charge in [0, 0.05) is 10.3 Å². The second-order valence-electron chi connectivity index (χ2n) is 1.78. The Bertz CT molecular complexity index is 115. The number of aliphatic carboxylic acids is 1. The maximum absolute atomic E-state index is 10.1. The largest absolute Gasteiger partial charge is 0.481 e. The molecule has 0 spiro atoms. The normalized spacial score (nSPS) is 13.6. The second kappa shape index (κ2) is 6.21. The maximum Gasteiger partial charge on any atom is 0.303 e. The van der Waals surface area contributed by atoms with Crippen molar-refractivity contribution >= 4 is 73.7 Å². The molecule has 0 rings (SSSR count). The summed E-state index contributed by atoms with van der Waals surface area (Å²) in [4.78, 5) is 10.1. The van der Waals surface area contributed by atoms with Crippen molar-refractivity contribution in [2.24, 2.45) is 0 Å². The Morgan fingerprint density at radius 2 is 1.90 bits per heavy atom. The van der Waals surface area contributed by atoms with E-state index >= 15 is 0 Å². The van der Waals surface area contributed by atoms with Crippen LogP contribution in [0.4, 0.5) is 0 Å². The highest BCUT2D eigenvalue weighted by atomic mass is 127. The molecular formula is C5H7I3O2. The van der Waals surface area contributed by atoms with Gasteiger partial charge < -0.3 is 5.11 Å². The van der Waals surface area contributed by atoms with E-state index in [9.17, 15) is 4.79 Å². The lowest BCUT2D eigenvalue weighted by Crippen LogP contribution is -2.08. The van der Waals surface area contributed by atoms with Crippen LogP contribution in [0.25, 0.3) is 0 Å². The quantitative estimate of drug-likeness (QED) is 0.497. The molecule has 0 fully saturated rings. The second-order valence-corrected chi connectivity index (χ2v) is 8.45. The highest BCUT2D eigenvalue weighted by molar-refractivity contribution is 14.2. The summed E-state index contributed by atoms with van der Waals surface area (Å²) < 4.78 is 0.991. The van der Waals surface area contributed by atoms with Crippen molar-refractivity contribution in [1.29, 1.82) is 0 Å². The van der Waals surface area contributed by atoms with Crippen molar-refractivity contribution < 1.29 is 9.90 Å². The molecule has 0 amide bonds. The lowest BCUT2D eigenvalue weighted by Gasteiger charge is -2.07. The van der Waals surface area contributed by atoms with Gasteiger partial charge in [0.2, 0.25) is 0 Å². The number of hydrogen-bond acceptors (Lipinski definition) is 1. The van der Waals surface area contributed by atoms with Crippen LogP contribution in [0, 0.1) is 0 Å². The van der Waals surface area contributed by atoms with E-state index in [0.717, 1.165) is 6.42 Å². The third-order valence-electron chi connectivity index (χ3n) is 0.907. The predicted octanol–water partition coefficient (Wildman–Crippen LogP) is 2.85. The molecule has 1 atom stereocenters. The number of carbonyl (C=O) groups is 1. The molecule has 0 aromatic carbocycles. The fraction of sp³-hybridized carbons (Fsp3) is 0.800. The molecule has 0 aromatic heterocycles. The molecule has 1 N–H and O–H groups in total. The zero-order valence-corrected chi connectivity index (χ0v) is 11.5. The predicted molar refractivity (Wildman–Crippen MR) is 66.5 cm³/mol. The van der Waals surface area contributed by atoms with Gasteiger partial charge in [-0.15, -0.1) is 0 Å². The molecular weight excluding hydrogens is 473 g/mol. The van der Waals surface area contributed by atoms with Crippen molar-refractivity contribution in [2.45, 2.75) is 18.7 Å². The van der Waals surface area contributed by atoms with Gasteiger partial charge in [-0.05, 0) is 6.42 Å². The van der Waals surface area contributed by atoms with Crippen LogP contribution in [0.1, 0.15) is 12.8 Å². The summed E-state index contributed by atoms with van der Waals surface area (Å²) in [6.45, 7) is 0. The summed E-state index contributed by atoms with van der Waals surface area (Å²) in [6.07, 6.45) is 1.06. The van der Waals surface area contributed by atoms with E-state index in [4.69, 9.17) is 5.11 Å². The van der Waals surface area contributed by atoms with Crippen LogP contribution in [0.3, 0.4) is 0 Å². The number of alkyl halides is 3.